The molecule has 3 aromatic rings. The summed E-state index contributed by atoms with van der Waals surface area (Å²) < 4.78 is 14.3. The molecule has 154 valence electrons. The summed E-state index contributed by atoms with van der Waals surface area (Å²) in [5.74, 6) is -0.714. The molecule has 0 N–H and O–H groups in total. The molecular formula is C22H20FN3O3S. The zero-order valence-electron chi connectivity index (χ0n) is 16.4. The summed E-state index contributed by atoms with van der Waals surface area (Å²) in [5.41, 5.74) is 2.26. The lowest BCUT2D eigenvalue weighted by molar-refractivity contribution is -0.138. The molecule has 8 heteroatoms. The van der Waals surface area contributed by atoms with Gasteiger partial charge in [0.15, 0.2) is 0 Å². The van der Waals surface area contributed by atoms with Crippen molar-refractivity contribution in [1.29, 1.82) is 0 Å². The highest BCUT2D eigenvalue weighted by molar-refractivity contribution is 7.21. The van der Waals surface area contributed by atoms with Gasteiger partial charge >= 0.3 is 0 Å². The zero-order valence-corrected chi connectivity index (χ0v) is 17.2. The number of likely N-dealkylation sites (tertiary alicyclic amines) is 1. The summed E-state index contributed by atoms with van der Waals surface area (Å²) in [5, 5.41) is 0.788. The fraction of sp³-hybridized carbons (Fsp3) is 0.273. The van der Waals surface area contributed by atoms with Gasteiger partial charge in [-0.25, -0.2) is 9.37 Å². The minimum atomic E-state index is -0.312. The van der Waals surface area contributed by atoms with Crippen molar-refractivity contribution in [2.24, 2.45) is 0 Å². The summed E-state index contributed by atoms with van der Waals surface area (Å²) in [7, 11) is 1.70. The lowest BCUT2D eigenvalue weighted by atomic mass is 10.2. The Kier molecular flexibility index (Phi) is 5.59. The lowest BCUT2D eigenvalue weighted by Gasteiger charge is -2.19. The molecule has 0 radical (unpaired) electrons. The Labute approximate surface area is 176 Å². The van der Waals surface area contributed by atoms with Gasteiger partial charge in [0.25, 0.3) is 0 Å². The van der Waals surface area contributed by atoms with E-state index in [0.717, 1.165) is 21.0 Å². The van der Waals surface area contributed by atoms with Crippen LogP contribution in [0.1, 0.15) is 25.7 Å². The van der Waals surface area contributed by atoms with Crippen LogP contribution in [0.5, 0.6) is 0 Å². The Bertz CT molecular complexity index is 1110. The van der Waals surface area contributed by atoms with Crippen LogP contribution in [-0.4, -0.2) is 41.2 Å². The third-order valence-corrected chi connectivity index (χ3v) is 6.24. The molecule has 30 heavy (non-hydrogen) atoms. The van der Waals surface area contributed by atoms with Gasteiger partial charge < -0.3 is 4.90 Å². The van der Waals surface area contributed by atoms with Crippen molar-refractivity contribution in [2.75, 3.05) is 18.5 Å². The average molecular weight is 425 g/mol. The first-order chi connectivity index (χ1) is 14.4. The molecule has 2 heterocycles. The Morgan fingerprint density at radius 3 is 2.53 bits per heavy atom. The molecule has 1 fully saturated rings. The second kappa shape index (κ2) is 8.31. The second-order valence-corrected chi connectivity index (χ2v) is 8.20. The number of hydrogen-bond donors (Lipinski definition) is 0. The molecule has 0 spiro atoms. The number of fused-ring (bicyclic) bond motifs is 1. The molecule has 0 saturated carbocycles. The van der Waals surface area contributed by atoms with Crippen LogP contribution >= 0.6 is 11.3 Å². The molecular weight excluding hydrogens is 405 g/mol. The van der Waals surface area contributed by atoms with Crippen molar-refractivity contribution in [3.63, 3.8) is 0 Å². The van der Waals surface area contributed by atoms with Gasteiger partial charge in [0.2, 0.25) is 17.7 Å². The number of amides is 3. The lowest BCUT2D eigenvalue weighted by Crippen LogP contribution is -2.32. The van der Waals surface area contributed by atoms with Crippen LogP contribution in [-0.2, 0) is 14.4 Å². The molecule has 2 aromatic carbocycles. The number of nitrogens with zero attached hydrogens (tertiary/aromatic N) is 3. The number of thiazole rings is 1. The molecule has 6 nitrogen and oxygen atoms in total. The van der Waals surface area contributed by atoms with Gasteiger partial charge in [0.05, 0.1) is 10.2 Å². The number of anilines is 1. The van der Waals surface area contributed by atoms with Crippen LogP contribution in [0.25, 0.3) is 20.8 Å². The first-order valence-corrected chi connectivity index (χ1v) is 10.5. The highest BCUT2D eigenvalue weighted by Crippen LogP contribution is 2.31. The van der Waals surface area contributed by atoms with Crippen LogP contribution < -0.4 is 4.90 Å². The Morgan fingerprint density at radius 1 is 1.13 bits per heavy atom. The Morgan fingerprint density at radius 2 is 1.83 bits per heavy atom. The first kappa shape index (κ1) is 20.2. The number of imide groups is 1. The Balaban J connectivity index is 1.38. The largest absolute Gasteiger partial charge is 0.316 e. The van der Waals surface area contributed by atoms with Gasteiger partial charge in [-0.05, 0) is 42.8 Å². The van der Waals surface area contributed by atoms with E-state index in [0.29, 0.717) is 11.9 Å². The molecule has 1 aromatic heterocycles. The van der Waals surface area contributed by atoms with Crippen molar-refractivity contribution in [3.8, 4) is 10.6 Å². The fourth-order valence-corrected chi connectivity index (χ4v) is 4.38. The normalized spacial score (nSPS) is 14.0. The van der Waals surface area contributed by atoms with Crippen molar-refractivity contribution < 1.29 is 18.8 Å². The SMILES string of the molecule is CN(C(=O)CCCN1C(=O)CCC1=O)c1ccc(-c2nc3cc(F)ccc3s2)cc1. The van der Waals surface area contributed by atoms with Crippen LogP contribution in [0.15, 0.2) is 42.5 Å². The van der Waals surface area contributed by atoms with E-state index in [9.17, 15) is 18.8 Å². The zero-order chi connectivity index (χ0) is 21.3. The molecule has 1 aliphatic heterocycles. The molecule has 0 unspecified atom stereocenters. The van der Waals surface area contributed by atoms with E-state index < -0.39 is 0 Å². The molecule has 0 aliphatic carbocycles. The maximum absolute atomic E-state index is 13.4. The predicted molar refractivity (Wildman–Crippen MR) is 114 cm³/mol. The van der Waals surface area contributed by atoms with Gasteiger partial charge in [-0.3, -0.25) is 19.3 Å². The summed E-state index contributed by atoms with van der Waals surface area (Å²) in [6.07, 6.45) is 1.23. The third kappa shape index (κ3) is 4.09. The van der Waals surface area contributed by atoms with Gasteiger partial charge in [-0.15, -0.1) is 11.3 Å². The van der Waals surface area contributed by atoms with Crippen LogP contribution in [0.3, 0.4) is 0 Å². The number of rotatable bonds is 6. The summed E-state index contributed by atoms with van der Waals surface area (Å²) in [6, 6.07) is 12.0. The molecule has 0 atom stereocenters. The van der Waals surface area contributed by atoms with Crippen LogP contribution in [0.4, 0.5) is 10.1 Å². The van der Waals surface area contributed by atoms with E-state index in [1.165, 1.54) is 28.4 Å². The van der Waals surface area contributed by atoms with E-state index in [1.54, 1.807) is 18.0 Å². The number of carbonyl (C=O) groups is 3. The molecule has 4 rings (SSSR count). The highest BCUT2D eigenvalue weighted by Gasteiger charge is 2.28. The van der Waals surface area contributed by atoms with Gasteiger partial charge in [0, 0.05) is 50.2 Å². The summed E-state index contributed by atoms with van der Waals surface area (Å²) in [4.78, 5) is 43.0. The van der Waals surface area contributed by atoms with Crippen molar-refractivity contribution in [3.05, 3.63) is 48.3 Å². The minimum absolute atomic E-state index is 0.0858. The first-order valence-electron chi connectivity index (χ1n) is 9.68. The summed E-state index contributed by atoms with van der Waals surface area (Å²) >= 11 is 1.49. The van der Waals surface area contributed by atoms with Crippen molar-refractivity contribution in [2.45, 2.75) is 25.7 Å². The van der Waals surface area contributed by atoms with E-state index in [1.807, 2.05) is 24.3 Å². The van der Waals surface area contributed by atoms with Gasteiger partial charge in [-0.2, -0.15) is 0 Å². The molecule has 1 aliphatic rings. The molecule has 1 saturated heterocycles. The number of aromatic nitrogens is 1. The molecule has 0 bridgehead atoms. The van der Waals surface area contributed by atoms with Crippen LogP contribution in [0.2, 0.25) is 0 Å². The number of hydrogen-bond acceptors (Lipinski definition) is 5. The monoisotopic (exact) mass is 425 g/mol. The van der Waals surface area contributed by atoms with Crippen molar-refractivity contribution in [1.82, 2.24) is 9.88 Å². The maximum atomic E-state index is 13.4. The number of carbonyl (C=O) groups excluding carboxylic acids is 3. The summed E-state index contributed by atoms with van der Waals surface area (Å²) in [6.45, 7) is 0.286. The quantitative estimate of drug-likeness (QED) is 0.560. The topological polar surface area (TPSA) is 70.6 Å². The van der Waals surface area contributed by atoms with Gasteiger partial charge in [-0.1, -0.05) is 0 Å². The smallest absolute Gasteiger partial charge is 0.229 e. The van der Waals surface area contributed by atoms with E-state index >= 15 is 0 Å². The van der Waals surface area contributed by atoms with Crippen LogP contribution in [0, 0.1) is 5.82 Å². The Hall–Kier alpha value is -3.13. The highest BCUT2D eigenvalue weighted by atomic mass is 32.1. The maximum Gasteiger partial charge on any atom is 0.229 e. The van der Waals surface area contributed by atoms with E-state index in [2.05, 4.69) is 4.98 Å². The van der Waals surface area contributed by atoms with Crippen molar-refractivity contribution >= 4 is 45.0 Å². The predicted octanol–water partition coefficient (Wildman–Crippen LogP) is 3.99. The number of halogens is 1. The minimum Gasteiger partial charge on any atom is -0.316 e. The number of benzene rings is 2. The van der Waals surface area contributed by atoms with Gasteiger partial charge in [0.1, 0.15) is 10.8 Å². The standard InChI is InChI=1S/C22H20FN3O3S/c1-25(19(27)3-2-12-26-20(28)10-11-21(26)29)16-7-4-14(5-8-16)22-24-17-13-15(23)6-9-18(17)30-22/h4-9,13H,2-3,10-12H2,1H3. The van der Waals surface area contributed by atoms with E-state index in [4.69, 9.17) is 0 Å². The third-order valence-electron chi connectivity index (χ3n) is 5.15. The van der Waals surface area contributed by atoms with E-state index in [-0.39, 0.29) is 49.3 Å². The average Bonchev–Trinajstić information content (AvgIpc) is 3.30. The fourth-order valence-electron chi connectivity index (χ4n) is 3.42. The molecule has 3 amide bonds. The second-order valence-electron chi connectivity index (χ2n) is 7.17.